The molecule has 2 aromatic carbocycles. The second kappa shape index (κ2) is 5.70. The van der Waals surface area contributed by atoms with Crippen molar-refractivity contribution in [3.8, 4) is 0 Å². The van der Waals surface area contributed by atoms with Crippen molar-refractivity contribution in [3.05, 3.63) is 59.4 Å². The third-order valence-corrected chi connectivity index (χ3v) is 3.67. The largest absolute Gasteiger partial charge is 0.340 e. The highest BCUT2D eigenvalue weighted by molar-refractivity contribution is 6.31. The molecule has 3 rings (SSSR count). The number of benzene rings is 2. The Morgan fingerprint density at radius 3 is 2.48 bits per heavy atom. The van der Waals surface area contributed by atoms with Crippen molar-refractivity contribution in [2.75, 3.05) is 5.32 Å². The Hall–Kier alpha value is -2.13. The van der Waals surface area contributed by atoms with Crippen LogP contribution >= 0.6 is 11.6 Å². The van der Waals surface area contributed by atoms with Crippen LogP contribution in [0, 0.1) is 0 Å². The molecule has 1 aromatic heterocycles. The summed E-state index contributed by atoms with van der Waals surface area (Å²) in [6, 6.07) is 14.0. The molecule has 3 aromatic rings. The highest BCUT2D eigenvalue weighted by Gasteiger charge is 2.05. The molecule has 0 bridgehead atoms. The SMILES string of the molecule is CC(C)c1ccc(Nc2ncnc3cc(Cl)ccc23)cc1. The summed E-state index contributed by atoms with van der Waals surface area (Å²) in [5, 5.41) is 4.97. The molecule has 106 valence electrons. The lowest BCUT2D eigenvalue weighted by Crippen LogP contribution is -1.96. The summed E-state index contributed by atoms with van der Waals surface area (Å²) in [7, 11) is 0. The number of anilines is 2. The molecule has 3 nitrogen and oxygen atoms in total. The van der Waals surface area contributed by atoms with Crippen LogP contribution in [0.25, 0.3) is 10.9 Å². The summed E-state index contributed by atoms with van der Waals surface area (Å²) in [4.78, 5) is 8.57. The first-order valence-electron chi connectivity index (χ1n) is 6.91. The lowest BCUT2D eigenvalue weighted by Gasteiger charge is -2.10. The van der Waals surface area contributed by atoms with E-state index in [0.29, 0.717) is 10.9 Å². The van der Waals surface area contributed by atoms with Gasteiger partial charge in [0, 0.05) is 16.1 Å². The lowest BCUT2D eigenvalue weighted by molar-refractivity contribution is 0.867. The van der Waals surface area contributed by atoms with Crippen LogP contribution in [0.1, 0.15) is 25.3 Å². The maximum absolute atomic E-state index is 6.00. The van der Waals surface area contributed by atoms with Gasteiger partial charge in [0.1, 0.15) is 12.1 Å². The van der Waals surface area contributed by atoms with Crippen molar-refractivity contribution >= 4 is 34.0 Å². The molecule has 0 unspecified atom stereocenters. The molecule has 0 radical (unpaired) electrons. The van der Waals surface area contributed by atoms with Crippen molar-refractivity contribution in [3.63, 3.8) is 0 Å². The van der Waals surface area contributed by atoms with Crippen LogP contribution in [0.4, 0.5) is 11.5 Å². The maximum atomic E-state index is 6.00. The van der Waals surface area contributed by atoms with Gasteiger partial charge in [0.2, 0.25) is 0 Å². The van der Waals surface area contributed by atoms with Gasteiger partial charge in [-0.1, -0.05) is 37.6 Å². The van der Waals surface area contributed by atoms with Crippen LogP contribution in [0.3, 0.4) is 0 Å². The minimum atomic E-state index is 0.529. The van der Waals surface area contributed by atoms with E-state index >= 15 is 0 Å². The summed E-state index contributed by atoms with van der Waals surface area (Å²) in [6.07, 6.45) is 1.55. The van der Waals surface area contributed by atoms with E-state index in [1.165, 1.54) is 5.56 Å². The fraction of sp³-hybridized carbons (Fsp3) is 0.176. The predicted octanol–water partition coefficient (Wildman–Crippen LogP) is 5.15. The first-order valence-corrected chi connectivity index (χ1v) is 7.28. The second-order valence-electron chi connectivity index (χ2n) is 5.29. The number of nitrogens with one attached hydrogen (secondary N) is 1. The number of nitrogens with zero attached hydrogens (tertiary/aromatic N) is 2. The molecular formula is C17H16ClN3. The van der Waals surface area contributed by atoms with Gasteiger partial charge in [-0.3, -0.25) is 0 Å². The maximum Gasteiger partial charge on any atom is 0.141 e. The van der Waals surface area contributed by atoms with Gasteiger partial charge >= 0.3 is 0 Å². The molecule has 0 fully saturated rings. The third kappa shape index (κ3) is 2.98. The van der Waals surface area contributed by atoms with Crippen LogP contribution in [-0.4, -0.2) is 9.97 Å². The van der Waals surface area contributed by atoms with E-state index in [4.69, 9.17) is 11.6 Å². The summed E-state index contributed by atoms with van der Waals surface area (Å²) in [5.41, 5.74) is 3.16. The van der Waals surface area contributed by atoms with Gasteiger partial charge in [0.25, 0.3) is 0 Å². The number of rotatable bonds is 3. The van der Waals surface area contributed by atoms with E-state index in [0.717, 1.165) is 22.4 Å². The van der Waals surface area contributed by atoms with Gasteiger partial charge < -0.3 is 5.32 Å². The quantitative estimate of drug-likeness (QED) is 0.726. The van der Waals surface area contributed by atoms with Gasteiger partial charge in [0.15, 0.2) is 0 Å². The van der Waals surface area contributed by atoms with E-state index < -0.39 is 0 Å². The Morgan fingerprint density at radius 2 is 1.76 bits per heavy atom. The molecule has 0 aliphatic heterocycles. The van der Waals surface area contributed by atoms with Crippen molar-refractivity contribution in [2.24, 2.45) is 0 Å². The van der Waals surface area contributed by atoms with Crippen molar-refractivity contribution in [1.82, 2.24) is 9.97 Å². The molecule has 0 aliphatic rings. The average molecular weight is 298 g/mol. The first-order chi connectivity index (χ1) is 10.1. The van der Waals surface area contributed by atoms with Gasteiger partial charge in [-0.25, -0.2) is 9.97 Å². The molecule has 0 saturated carbocycles. The number of halogens is 1. The van der Waals surface area contributed by atoms with Gasteiger partial charge in [-0.05, 0) is 41.8 Å². The molecule has 4 heteroatoms. The van der Waals surface area contributed by atoms with E-state index in [2.05, 4.69) is 53.4 Å². The van der Waals surface area contributed by atoms with E-state index in [1.54, 1.807) is 6.33 Å². The molecule has 0 atom stereocenters. The van der Waals surface area contributed by atoms with E-state index in [9.17, 15) is 0 Å². The second-order valence-corrected chi connectivity index (χ2v) is 5.72. The fourth-order valence-electron chi connectivity index (χ4n) is 2.22. The smallest absolute Gasteiger partial charge is 0.141 e. The minimum Gasteiger partial charge on any atom is -0.340 e. The summed E-state index contributed by atoms with van der Waals surface area (Å²) in [6.45, 7) is 4.37. The number of hydrogen-bond acceptors (Lipinski definition) is 3. The molecule has 0 spiro atoms. The summed E-state index contributed by atoms with van der Waals surface area (Å²) in [5.74, 6) is 1.31. The van der Waals surface area contributed by atoms with Crippen LogP contribution in [0.15, 0.2) is 48.8 Å². The highest BCUT2D eigenvalue weighted by atomic mass is 35.5. The third-order valence-electron chi connectivity index (χ3n) is 3.44. The monoisotopic (exact) mass is 297 g/mol. The number of aromatic nitrogens is 2. The number of fused-ring (bicyclic) bond motifs is 1. The van der Waals surface area contributed by atoms with E-state index in [-0.39, 0.29) is 0 Å². The Labute approximate surface area is 129 Å². The Bertz CT molecular complexity index is 767. The standard InChI is InChI=1S/C17H16ClN3/c1-11(2)12-3-6-14(7-4-12)21-17-15-8-5-13(18)9-16(15)19-10-20-17/h3-11H,1-2H3,(H,19,20,21). The minimum absolute atomic E-state index is 0.529. The van der Waals surface area contributed by atoms with Crippen molar-refractivity contribution in [1.29, 1.82) is 0 Å². The zero-order valence-corrected chi connectivity index (χ0v) is 12.7. The predicted molar refractivity (Wildman–Crippen MR) is 88.4 cm³/mol. The highest BCUT2D eigenvalue weighted by Crippen LogP contribution is 2.26. The number of hydrogen-bond donors (Lipinski definition) is 1. The Kier molecular flexibility index (Phi) is 3.76. The zero-order chi connectivity index (χ0) is 14.8. The van der Waals surface area contributed by atoms with Crippen LogP contribution in [-0.2, 0) is 0 Å². The molecule has 1 N–H and O–H groups in total. The molecular weight excluding hydrogens is 282 g/mol. The van der Waals surface area contributed by atoms with Crippen molar-refractivity contribution < 1.29 is 0 Å². The van der Waals surface area contributed by atoms with Crippen LogP contribution < -0.4 is 5.32 Å². The van der Waals surface area contributed by atoms with Gasteiger partial charge in [-0.15, -0.1) is 0 Å². The first kappa shape index (κ1) is 13.8. The lowest BCUT2D eigenvalue weighted by atomic mass is 10.0. The Morgan fingerprint density at radius 1 is 1.00 bits per heavy atom. The average Bonchev–Trinajstić information content (AvgIpc) is 2.47. The fourth-order valence-corrected chi connectivity index (χ4v) is 2.38. The van der Waals surface area contributed by atoms with Gasteiger partial charge in [-0.2, -0.15) is 0 Å². The molecule has 0 aliphatic carbocycles. The van der Waals surface area contributed by atoms with Gasteiger partial charge in [0.05, 0.1) is 5.52 Å². The van der Waals surface area contributed by atoms with Crippen LogP contribution in [0.5, 0.6) is 0 Å². The van der Waals surface area contributed by atoms with E-state index in [1.807, 2.05) is 18.2 Å². The molecule has 21 heavy (non-hydrogen) atoms. The topological polar surface area (TPSA) is 37.8 Å². The summed E-state index contributed by atoms with van der Waals surface area (Å²) < 4.78 is 0. The normalized spacial score (nSPS) is 11.0. The Balaban J connectivity index is 1.94. The molecule has 0 amide bonds. The molecule has 0 saturated heterocycles. The van der Waals surface area contributed by atoms with Crippen molar-refractivity contribution in [2.45, 2.75) is 19.8 Å². The molecule has 1 heterocycles. The zero-order valence-electron chi connectivity index (χ0n) is 12.0. The van der Waals surface area contributed by atoms with Crippen LogP contribution in [0.2, 0.25) is 5.02 Å². The summed E-state index contributed by atoms with van der Waals surface area (Å²) >= 11 is 6.00.